The number of benzene rings is 1. The third-order valence-corrected chi connectivity index (χ3v) is 4.62. The highest BCUT2D eigenvalue weighted by Gasteiger charge is 2.40. The second-order valence-corrected chi connectivity index (χ2v) is 6.70. The molecule has 29 heavy (non-hydrogen) atoms. The summed E-state index contributed by atoms with van der Waals surface area (Å²) in [7, 11) is 0. The van der Waals surface area contributed by atoms with Crippen LogP contribution in [0.15, 0.2) is 30.3 Å². The van der Waals surface area contributed by atoms with E-state index in [4.69, 9.17) is 21.3 Å². The van der Waals surface area contributed by atoms with Crippen molar-refractivity contribution >= 4 is 23.8 Å². The van der Waals surface area contributed by atoms with Gasteiger partial charge in [-0.15, -0.1) is 0 Å². The summed E-state index contributed by atoms with van der Waals surface area (Å²) in [6.45, 7) is -0.0574. The molecule has 1 unspecified atom stereocenters. The van der Waals surface area contributed by atoms with E-state index in [-0.39, 0.29) is 26.1 Å². The van der Waals surface area contributed by atoms with Gasteiger partial charge in [0.2, 0.25) is 5.91 Å². The van der Waals surface area contributed by atoms with E-state index in [2.05, 4.69) is 0 Å². The number of carboxylic acids is 1. The standard InChI is InChI=1S/C19H26N4O6/c20-8-4-7-14-17(26)22(11-15(24)25)9-10-23(14)18(27)16(21)19(28)29-12-13-5-2-1-3-6-13/h1-3,5-6,14,16H,4,7-12,20-21H2,(H,24,25)/t14-,16?/m0/s1. The Hall–Kier alpha value is -2.98. The minimum absolute atomic E-state index is 0.0252. The topological polar surface area (TPSA) is 156 Å². The van der Waals surface area contributed by atoms with E-state index in [0.29, 0.717) is 13.0 Å². The number of carboxylic acid groups (broad SMARTS) is 1. The SMILES string of the molecule is NCCC[C@H]1C(=O)N(CC(=O)O)CCN1C(=O)C(N)C(=O)OCc1ccccc1. The number of nitrogens with two attached hydrogens (primary N) is 2. The molecule has 2 amide bonds. The lowest BCUT2D eigenvalue weighted by molar-refractivity contribution is -0.160. The van der Waals surface area contributed by atoms with Crippen LogP contribution in [0, 0.1) is 0 Å². The zero-order valence-corrected chi connectivity index (χ0v) is 16.0. The van der Waals surface area contributed by atoms with Crippen LogP contribution in [0.5, 0.6) is 0 Å². The van der Waals surface area contributed by atoms with Crippen molar-refractivity contribution in [2.45, 2.75) is 31.5 Å². The van der Waals surface area contributed by atoms with Gasteiger partial charge in [-0.3, -0.25) is 14.4 Å². The molecule has 2 rings (SSSR count). The van der Waals surface area contributed by atoms with Gasteiger partial charge in [-0.1, -0.05) is 30.3 Å². The number of hydrogen-bond acceptors (Lipinski definition) is 7. The highest BCUT2D eigenvalue weighted by atomic mass is 16.5. The molecule has 10 nitrogen and oxygen atoms in total. The molecule has 2 atom stereocenters. The van der Waals surface area contributed by atoms with Gasteiger partial charge < -0.3 is 31.1 Å². The Bertz CT molecular complexity index is 741. The molecular weight excluding hydrogens is 380 g/mol. The number of carbonyl (C=O) groups excluding carboxylic acids is 3. The maximum absolute atomic E-state index is 12.8. The number of nitrogens with zero attached hydrogens (tertiary/aromatic N) is 2. The first-order chi connectivity index (χ1) is 13.8. The first kappa shape index (κ1) is 22.3. The van der Waals surface area contributed by atoms with Crippen LogP contribution in [0.4, 0.5) is 0 Å². The van der Waals surface area contributed by atoms with E-state index < -0.39 is 42.4 Å². The second kappa shape index (κ2) is 10.5. The average Bonchev–Trinajstić information content (AvgIpc) is 2.71. The lowest BCUT2D eigenvalue weighted by Gasteiger charge is -2.40. The van der Waals surface area contributed by atoms with Crippen molar-refractivity contribution in [3.8, 4) is 0 Å². The smallest absolute Gasteiger partial charge is 0.333 e. The van der Waals surface area contributed by atoms with E-state index >= 15 is 0 Å². The van der Waals surface area contributed by atoms with Gasteiger partial charge in [0.15, 0.2) is 6.04 Å². The molecule has 1 aliphatic rings. The summed E-state index contributed by atoms with van der Waals surface area (Å²) in [6.07, 6.45) is 0.706. The molecule has 1 aromatic rings. The maximum atomic E-state index is 12.8. The van der Waals surface area contributed by atoms with Crippen LogP contribution >= 0.6 is 0 Å². The van der Waals surface area contributed by atoms with Crippen molar-refractivity contribution in [2.24, 2.45) is 11.5 Å². The Morgan fingerprint density at radius 2 is 1.90 bits per heavy atom. The van der Waals surface area contributed by atoms with Crippen LogP contribution in [0.2, 0.25) is 0 Å². The fourth-order valence-corrected chi connectivity index (χ4v) is 3.11. The maximum Gasteiger partial charge on any atom is 0.333 e. The number of piperazine rings is 1. The minimum Gasteiger partial charge on any atom is -0.480 e. The van der Waals surface area contributed by atoms with Gasteiger partial charge in [0, 0.05) is 13.1 Å². The normalized spacial score (nSPS) is 17.7. The molecule has 10 heteroatoms. The van der Waals surface area contributed by atoms with Gasteiger partial charge in [0.25, 0.3) is 5.91 Å². The molecule has 0 spiro atoms. The van der Waals surface area contributed by atoms with Crippen molar-refractivity contribution in [1.29, 1.82) is 0 Å². The molecule has 0 aliphatic carbocycles. The number of hydrogen-bond donors (Lipinski definition) is 3. The second-order valence-electron chi connectivity index (χ2n) is 6.70. The van der Waals surface area contributed by atoms with Crippen LogP contribution in [0.25, 0.3) is 0 Å². The Labute approximate surface area is 168 Å². The van der Waals surface area contributed by atoms with Crippen LogP contribution in [-0.4, -0.2) is 76.9 Å². The quantitative estimate of drug-likeness (QED) is 0.345. The van der Waals surface area contributed by atoms with E-state index in [9.17, 15) is 19.2 Å². The summed E-state index contributed by atoms with van der Waals surface area (Å²) < 4.78 is 5.11. The Kier molecular flexibility index (Phi) is 8.10. The van der Waals surface area contributed by atoms with Gasteiger partial charge >= 0.3 is 11.9 Å². The minimum atomic E-state index is -1.57. The first-order valence-electron chi connectivity index (χ1n) is 9.32. The van der Waals surface area contributed by atoms with Crippen LogP contribution in [0.3, 0.4) is 0 Å². The molecule has 0 saturated carbocycles. The third-order valence-electron chi connectivity index (χ3n) is 4.62. The predicted molar refractivity (Wildman–Crippen MR) is 102 cm³/mol. The van der Waals surface area contributed by atoms with Crippen LogP contribution < -0.4 is 11.5 Å². The van der Waals surface area contributed by atoms with Gasteiger partial charge in [0.05, 0.1) is 0 Å². The lowest BCUT2D eigenvalue weighted by Crippen LogP contribution is -2.63. The Morgan fingerprint density at radius 1 is 1.21 bits per heavy atom. The van der Waals surface area contributed by atoms with E-state index in [1.807, 2.05) is 6.07 Å². The number of aliphatic carboxylic acids is 1. The van der Waals surface area contributed by atoms with Gasteiger partial charge in [-0.2, -0.15) is 0 Å². The third kappa shape index (κ3) is 6.00. The molecule has 0 bridgehead atoms. The monoisotopic (exact) mass is 406 g/mol. The molecule has 0 aromatic heterocycles. The molecule has 1 aliphatic heterocycles. The van der Waals surface area contributed by atoms with Gasteiger partial charge in [0.1, 0.15) is 19.2 Å². The number of rotatable bonds is 9. The number of ether oxygens (including phenoxy) is 1. The molecular formula is C19H26N4O6. The van der Waals surface area contributed by atoms with E-state index in [0.717, 1.165) is 5.56 Å². The zero-order valence-electron chi connectivity index (χ0n) is 16.0. The molecule has 1 aromatic carbocycles. The Balaban J connectivity index is 2.04. The molecule has 1 saturated heterocycles. The number of amides is 2. The molecule has 1 fully saturated rings. The molecule has 1 heterocycles. The van der Waals surface area contributed by atoms with Crippen molar-refractivity contribution in [3.05, 3.63) is 35.9 Å². The zero-order chi connectivity index (χ0) is 21.4. The summed E-state index contributed by atoms with van der Waals surface area (Å²) >= 11 is 0. The number of carbonyl (C=O) groups is 4. The summed E-state index contributed by atoms with van der Waals surface area (Å²) in [5, 5.41) is 8.96. The average molecular weight is 406 g/mol. The highest BCUT2D eigenvalue weighted by Crippen LogP contribution is 2.17. The van der Waals surface area contributed by atoms with Crippen LogP contribution in [0.1, 0.15) is 18.4 Å². The van der Waals surface area contributed by atoms with Crippen molar-refractivity contribution < 1.29 is 29.0 Å². The van der Waals surface area contributed by atoms with Gasteiger partial charge in [-0.25, -0.2) is 4.79 Å². The number of esters is 1. The largest absolute Gasteiger partial charge is 0.480 e. The van der Waals surface area contributed by atoms with Crippen molar-refractivity contribution in [2.75, 3.05) is 26.2 Å². The molecule has 158 valence electrons. The van der Waals surface area contributed by atoms with Gasteiger partial charge in [-0.05, 0) is 24.9 Å². The highest BCUT2D eigenvalue weighted by molar-refractivity contribution is 6.03. The fraction of sp³-hybridized carbons (Fsp3) is 0.474. The van der Waals surface area contributed by atoms with E-state index in [1.54, 1.807) is 24.3 Å². The molecule has 0 radical (unpaired) electrons. The fourth-order valence-electron chi connectivity index (χ4n) is 3.11. The summed E-state index contributed by atoms with van der Waals surface area (Å²) in [4.78, 5) is 51.0. The van der Waals surface area contributed by atoms with E-state index in [1.165, 1.54) is 9.80 Å². The predicted octanol–water partition coefficient (Wildman–Crippen LogP) is -1.08. The van der Waals surface area contributed by atoms with Crippen molar-refractivity contribution in [1.82, 2.24) is 9.80 Å². The summed E-state index contributed by atoms with van der Waals surface area (Å²) in [5.41, 5.74) is 12.1. The van der Waals surface area contributed by atoms with Crippen molar-refractivity contribution in [3.63, 3.8) is 0 Å². The van der Waals surface area contributed by atoms with Crippen LogP contribution in [-0.2, 0) is 30.5 Å². The summed E-state index contributed by atoms with van der Waals surface area (Å²) in [5.74, 6) is -3.26. The lowest BCUT2D eigenvalue weighted by atomic mass is 10.0. The first-order valence-corrected chi connectivity index (χ1v) is 9.32. The Morgan fingerprint density at radius 3 is 2.52 bits per heavy atom. The summed E-state index contributed by atoms with van der Waals surface area (Å²) in [6, 6.07) is 6.46. The molecule has 5 N–H and O–H groups in total.